The lowest BCUT2D eigenvalue weighted by Gasteiger charge is -2.04. The van der Waals surface area contributed by atoms with E-state index < -0.39 is 0 Å². The second-order valence-corrected chi connectivity index (χ2v) is 5.00. The van der Waals surface area contributed by atoms with Gasteiger partial charge in [-0.05, 0) is 25.5 Å². The van der Waals surface area contributed by atoms with Gasteiger partial charge in [0, 0.05) is 17.1 Å². The molecule has 0 aliphatic carbocycles. The van der Waals surface area contributed by atoms with Gasteiger partial charge < -0.3 is 14.2 Å². The quantitative estimate of drug-likeness (QED) is 0.748. The zero-order chi connectivity index (χ0) is 14.8. The molecule has 3 rings (SSSR count). The lowest BCUT2D eigenvalue weighted by Crippen LogP contribution is -2.08. The van der Waals surface area contributed by atoms with Gasteiger partial charge in [0.1, 0.15) is 12.4 Å². The SMILES string of the molecule is Cc1noc(C)c1COC(=O)Cc1c[nH]c2ccccc12. The highest BCUT2D eigenvalue weighted by atomic mass is 16.5. The molecule has 3 aromatic rings. The van der Waals surface area contributed by atoms with E-state index in [-0.39, 0.29) is 19.0 Å². The summed E-state index contributed by atoms with van der Waals surface area (Å²) in [4.78, 5) is 15.1. The first-order chi connectivity index (χ1) is 10.1. The highest BCUT2D eigenvalue weighted by molar-refractivity contribution is 5.87. The summed E-state index contributed by atoms with van der Waals surface area (Å²) < 4.78 is 10.4. The second-order valence-electron chi connectivity index (χ2n) is 5.00. The number of rotatable bonds is 4. The third-order valence-electron chi connectivity index (χ3n) is 3.57. The Kier molecular flexibility index (Phi) is 3.48. The molecule has 21 heavy (non-hydrogen) atoms. The standard InChI is InChI=1S/C16H16N2O3/c1-10-14(11(2)21-18-10)9-20-16(19)7-12-8-17-15-6-4-3-5-13(12)15/h3-6,8,17H,7,9H2,1-2H3. The number of hydrogen-bond donors (Lipinski definition) is 1. The Hall–Kier alpha value is -2.56. The number of aromatic nitrogens is 2. The van der Waals surface area contributed by atoms with Gasteiger partial charge in [-0.1, -0.05) is 23.4 Å². The Labute approximate surface area is 121 Å². The molecule has 1 N–H and O–H groups in total. The highest BCUT2D eigenvalue weighted by Crippen LogP contribution is 2.19. The number of aromatic amines is 1. The van der Waals surface area contributed by atoms with Crippen LogP contribution >= 0.6 is 0 Å². The summed E-state index contributed by atoms with van der Waals surface area (Å²) in [5.74, 6) is 0.423. The molecule has 5 nitrogen and oxygen atoms in total. The third-order valence-corrected chi connectivity index (χ3v) is 3.57. The zero-order valence-electron chi connectivity index (χ0n) is 12.0. The average Bonchev–Trinajstić information content (AvgIpc) is 3.02. The number of aryl methyl sites for hydroxylation is 2. The molecular formula is C16H16N2O3. The molecule has 0 saturated heterocycles. The number of carbonyl (C=O) groups excluding carboxylic acids is 1. The zero-order valence-corrected chi connectivity index (χ0v) is 12.0. The van der Waals surface area contributed by atoms with Crippen LogP contribution < -0.4 is 0 Å². The third kappa shape index (κ3) is 2.67. The van der Waals surface area contributed by atoms with E-state index >= 15 is 0 Å². The Morgan fingerprint density at radius 3 is 2.90 bits per heavy atom. The van der Waals surface area contributed by atoms with E-state index in [4.69, 9.17) is 9.26 Å². The number of H-pyrrole nitrogens is 1. The van der Waals surface area contributed by atoms with Crippen LogP contribution in [-0.4, -0.2) is 16.1 Å². The monoisotopic (exact) mass is 284 g/mol. The predicted octanol–water partition coefficient (Wildman–Crippen LogP) is 3.06. The van der Waals surface area contributed by atoms with Gasteiger partial charge in [-0.2, -0.15) is 0 Å². The number of benzene rings is 1. The number of fused-ring (bicyclic) bond motifs is 1. The van der Waals surface area contributed by atoms with Crippen LogP contribution in [-0.2, 0) is 22.6 Å². The van der Waals surface area contributed by atoms with Crippen LogP contribution in [0.1, 0.15) is 22.6 Å². The molecule has 2 heterocycles. The molecule has 0 saturated carbocycles. The number of para-hydroxylation sites is 1. The fourth-order valence-corrected chi connectivity index (χ4v) is 2.35. The molecule has 0 atom stereocenters. The molecular weight excluding hydrogens is 268 g/mol. The summed E-state index contributed by atoms with van der Waals surface area (Å²) in [7, 11) is 0. The number of ether oxygens (including phenoxy) is 1. The molecule has 108 valence electrons. The van der Waals surface area contributed by atoms with Gasteiger partial charge >= 0.3 is 5.97 Å². The first kappa shape index (κ1) is 13.4. The lowest BCUT2D eigenvalue weighted by atomic mass is 10.1. The maximum atomic E-state index is 12.0. The minimum Gasteiger partial charge on any atom is -0.460 e. The summed E-state index contributed by atoms with van der Waals surface area (Å²) in [5, 5.41) is 4.89. The van der Waals surface area contributed by atoms with Crippen molar-refractivity contribution in [3.8, 4) is 0 Å². The Morgan fingerprint density at radius 1 is 1.33 bits per heavy atom. The van der Waals surface area contributed by atoms with Crippen molar-refractivity contribution in [2.24, 2.45) is 0 Å². The fourth-order valence-electron chi connectivity index (χ4n) is 2.35. The maximum absolute atomic E-state index is 12.0. The van der Waals surface area contributed by atoms with Crippen LogP contribution in [0.15, 0.2) is 35.0 Å². The lowest BCUT2D eigenvalue weighted by molar-refractivity contribution is -0.144. The van der Waals surface area contributed by atoms with Gasteiger partial charge in [0.2, 0.25) is 0 Å². The van der Waals surface area contributed by atoms with Crippen molar-refractivity contribution < 1.29 is 14.1 Å². The molecule has 0 amide bonds. The Balaban J connectivity index is 1.67. The van der Waals surface area contributed by atoms with Crippen molar-refractivity contribution in [1.29, 1.82) is 0 Å². The Morgan fingerprint density at radius 2 is 2.14 bits per heavy atom. The molecule has 0 fully saturated rings. The van der Waals surface area contributed by atoms with Crippen molar-refractivity contribution in [1.82, 2.24) is 10.1 Å². The normalized spacial score (nSPS) is 11.0. The Bertz CT molecular complexity index is 766. The summed E-state index contributed by atoms with van der Waals surface area (Å²) in [6.07, 6.45) is 2.09. The summed E-state index contributed by atoms with van der Waals surface area (Å²) in [6, 6.07) is 7.88. The van der Waals surface area contributed by atoms with E-state index in [0.717, 1.165) is 27.7 Å². The molecule has 0 spiro atoms. The number of nitrogens with zero attached hydrogens (tertiary/aromatic N) is 1. The summed E-state index contributed by atoms with van der Waals surface area (Å²) >= 11 is 0. The van der Waals surface area contributed by atoms with Crippen LogP contribution in [0, 0.1) is 13.8 Å². The van der Waals surface area contributed by atoms with E-state index in [1.807, 2.05) is 44.3 Å². The molecule has 0 bridgehead atoms. The van der Waals surface area contributed by atoms with Gasteiger partial charge in [0.25, 0.3) is 0 Å². The second kappa shape index (κ2) is 5.44. The van der Waals surface area contributed by atoms with E-state index in [1.54, 1.807) is 0 Å². The van der Waals surface area contributed by atoms with Crippen LogP contribution in [0.5, 0.6) is 0 Å². The maximum Gasteiger partial charge on any atom is 0.310 e. The number of esters is 1. The van der Waals surface area contributed by atoms with Crippen LogP contribution in [0.4, 0.5) is 0 Å². The fraction of sp³-hybridized carbons (Fsp3) is 0.250. The van der Waals surface area contributed by atoms with Crippen molar-refractivity contribution in [3.63, 3.8) is 0 Å². The van der Waals surface area contributed by atoms with Crippen molar-refractivity contribution >= 4 is 16.9 Å². The van der Waals surface area contributed by atoms with Crippen LogP contribution in [0.2, 0.25) is 0 Å². The predicted molar refractivity (Wildman–Crippen MR) is 77.8 cm³/mol. The summed E-state index contributed by atoms with van der Waals surface area (Å²) in [6.45, 7) is 3.84. The topological polar surface area (TPSA) is 68.1 Å². The minimum absolute atomic E-state index is 0.197. The number of nitrogens with one attached hydrogen (secondary N) is 1. The van der Waals surface area contributed by atoms with Crippen LogP contribution in [0.3, 0.4) is 0 Å². The van der Waals surface area contributed by atoms with Crippen molar-refractivity contribution in [3.05, 3.63) is 53.0 Å². The smallest absolute Gasteiger partial charge is 0.310 e. The highest BCUT2D eigenvalue weighted by Gasteiger charge is 2.13. The minimum atomic E-state index is -0.264. The van der Waals surface area contributed by atoms with E-state index in [9.17, 15) is 4.79 Å². The van der Waals surface area contributed by atoms with Gasteiger partial charge in [-0.15, -0.1) is 0 Å². The average molecular weight is 284 g/mol. The van der Waals surface area contributed by atoms with Gasteiger partial charge in [0.05, 0.1) is 17.7 Å². The van der Waals surface area contributed by atoms with E-state index in [1.165, 1.54) is 0 Å². The van der Waals surface area contributed by atoms with Gasteiger partial charge in [-0.25, -0.2) is 0 Å². The van der Waals surface area contributed by atoms with Gasteiger partial charge in [0.15, 0.2) is 0 Å². The van der Waals surface area contributed by atoms with Crippen molar-refractivity contribution in [2.45, 2.75) is 26.9 Å². The number of hydrogen-bond acceptors (Lipinski definition) is 4. The molecule has 5 heteroatoms. The van der Waals surface area contributed by atoms with Gasteiger partial charge in [-0.3, -0.25) is 4.79 Å². The van der Waals surface area contributed by atoms with E-state index in [0.29, 0.717) is 5.76 Å². The first-order valence-electron chi connectivity index (χ1n) is 6.77. The van der Waals surface area contributed by atoms with E-state index in [2.05, 4.69) is 10.1 Å². The molecule has 0 radical (unpaired) electrons. The number of carbonyl (C=O) groups is 1. The molecule has 0 aliphatic heterocycles. The largest absolute Gasteiger partial charge is 0.460 e. The molecule has 0 unspecified atom stereocenters. The molecule has 0 aliphatic rings. The summed E-state index contributed by atoms with van der Waals surface area (Å²) in [5.41, 5.74) is 3.55. The molecule has 1 aromatic carbocycles. The molecule has 2 aromatic heterocycles. The first-order valence-corrected chi connectivity index (χ1v) is 6.77. The van der Waals surface area contributed by atoms with Crippen LogP contribution in [0.25, 0.3) is 10.9 Å². The van der Waals surface area contributed by atoms with Crippen molar-refractivity contribution in [2.75, 3.05) is 0 Å².